The average molecular weight is 112 g/mol. The molecule has 2 atom stereocenters. The zero-order chi connectivity index (χ0) is 5.28. The summed E-state index contributed by atoms with van der Waals surface area (Å²) in [5.41, 5.74) is 0. The largest absolute Gasteiger partial charge is 1.00 e. The third-order valence-corrected chi connectivity index (χ3v) is 1.49. The molecule has 0 aliphatic heterocycles. The number of hydrogen-bond donors (Lipinski definition) is 0. The normalized spacial score (nSPS) is 32.7. The topological polar surface area (TPSA) is 23.1 Å². The molecule has 1 saturated carbocycles. The van der Waals surface area contributed by atoms with Crippen molar-refractivity contribution in [2.24, 2.45) is 5.92 Å². The van der Waals surface area contributed by atoms with Crippen molar-refractivity contribution in [2.75, 3.05) is 0 Å². The summed E-state index contributed by atoms with van der Waals surface area (Å²) in [7, 11) is 0. The Kier molecular flexibility index (Phi) is 8.40. The van der Waals surface area contributed by atoms with Crippen molar-refractivity contribution in [3.63, 3.8) is 0 Å². The predicted octanol–water partition coefficient (Wildman–Crippen LogP) is -5.64. The SMILES string of the molecule is [CH2-][C@@H]1CCC([O-])C1.[Li+].[Li+]. The fraction of sp³-hybridized carbons (Fsp3) is 0.833. The van der Waals surface area contributed by atoms with Crippen LogP contribution in [0.5, 0.6) is 0 Å². The van der Waals surface area contributed by atoms with E-state index in [0.717, 1.165) is 19.3 Å². The molecule has 0 bridgehead atoms. The molecular weight excluding hydrogens is 102 g/mol. The van der Waals surface area contributed by atoms with Crippen molar-refractivity contribution in [2.45, 2.75) is 25.4 Å². The number of hydrogen-bond acceptors (Lipinski definition) is 1. The van der Waals surface area contributed by atoms with E-state index >= 15 is 0 Å². The van der Waals surface area contributed by atoms with Gasteiger partial charge in [-0.1, -0.05) is 19.3 Å². The minimum Gasteiger partial charge on any atom is -0.852 e. The maximum absolute atomic E-state index is 10.5. The average Bonchev–Trinajstić information content (AvgIpc) is 1.87. The van der Waals surface area contributed by atoms with E-state index in [9.17, 15) is 5.11 Å². The molecule has 42 valence electrons. The Hall–Kier alpha value is 1.15. The second kappa shape index (κ2) is 5.90. The van der Waals surface area contributed by atoms with Crippen LogP contribution in [0.15, 0.2) is 0 Å². The summed E-state index contributed by atoms with van der Waals surface area (Å²) in [5, 5.41) is 10.5. The third kappa shape index (κ3) is 4.54. The molecule has 9 heavy (non-hydrogen) atoms. The second-order valence-electron chi connectivity index (χ2n) is 2.30. The first kappa shape index (κ1) is 12.8. The Morgan fingerprint density at radius 2 is 1.78 bits per heavy atom. The molecule has 1 fully saturated rings. The van der Waals surface area contributed by atoms with Crippen LogP contribution in [-0.2, 0) is 0 Å². The molecule has 0 amide bonds. The van der Waals surface area contributed by atoms with Crippen molar-refractivity contribution in [1.82, 2.24) is 0 Å². The predicted molar refractivity (Wildman–Crippen MR) is 26.5 cm³/mol. The van der Waals surface area contributed by atoms with Gasteiger partial charge in [0.05, 0.1) is 0 Å². The molecule has 0 N–H and O–H groups in total. The van der Waals surface area contributed by atoms with E-state index in [1.807, 2.05) is 0 Å². The van der Waals surface area contributed by atoms with Crippen molar-refractivity contribution < 1.29 is 42.8 Å². The Morgan fingerprint density at radius 1 is 1.22 bits per heavy atom. The standard InChI is InChI=1S/C6H10O.2Li/c1-5-2-3-6(7)4-5;;/h5-6H,1-4H2;;/q-2;2*+1/t5-,6?;;/m1../s1. The summed E-state index contributed by atoms with van der Waals surface area (Å²) in [6.07, 6.45) is 2.42. The molecule has 0 spiro atoms. The minimum absolute atomic E-state index is 0. The fourth-order valence-electron chi connectivity index (χ4n) is 1.03. The summed E-state index contributed by atoms with van der Waals surface area (Å²) in [4.78, 5) is 0. The molecule has 1 aliphatic carbocycles. The summed E-state index contributed by atoms with van der Waals surface area (Å²) in [6, 6.07) is 0. The molecule has 1 aliphatic rings. The monoisotopic (exact) mass is 112 g/mol. The van der Waals surface area contributed by atoms with Crippen LogP contribution in [0.3, 0.4) is 0 Å². The van der Waals surface area contributed by atoms with Gasteiger partial charge in [-0.3, -0.25) is 0 Å². The summed E-state index contributed by atoms with van der Waals surface area (Å²) in [5.74, 6) is 0.461. The van der Waals surface area contributed by atoms with Crippen molar-refractivity contribution in [3.8, 4) is 0 Å². The Morgan fingerprint density at radius 3 is 1.89 bits per heavy atom. The van der Waals surface area contributed by atoms with Gasteiger partial charge in [0.2, 0.25) is 0 Å². The molecule has 1 nitrogen and oxygen atoms in total. The van der Waals surface area contributed by atoms with Gasteiger partial charge in [0.15, 0.2) is 0 Å². The smallest absolute Gasteiger partial charge is 0.852 e. The van der Waals surface area contributed by atoms with Gasteiger partial charge in [0.25, 0.3) is 0 Å². The molecule has 0 aromatic carbocycles. The molecule has 0 aromatic heterocycles. The van der Waals surface area contributed by atoms with E-state index in [0.29, 0.717) is 5.92 Å². The molecule has 3 heteroatoms. The third-order valence-electron chi connectivity index (χ3n) is 1.49. The molecule has 1 unspecified atom stereocenters. The van der Waals surface area contributed by atoms with E-state index in [1.54, 1.807) is 0 Å². The zero-order valence-electron chi connectivity index (χ0n) is 6.39. The first-order chi connectivity index (χ1) is 3.29. The van der Waals surface area contributed by atoms with Gasteiger partial charge in [0, 0.05) is 0 Å². The molecule has 1 rings (SSSR count). The van der Waals surface area contributed by atoms with Crippen LogP contribution in [0.25, 0.3) is 0 Å². The van der Waals surface area contributed by atoms with Gasteiger partial charge in [-0.25, -0.2) is 0 Å². The van der Waals surface area contributed by atoms with Crippen LogP contribution in [0, 0.1) is 12.8 Å². The van der Waals surface area contributed by atoms with E-state index in [1.165, 1.54) is 0 Å². The van der Waals surface area contributed by atoms with Crippen LogP contribution >= 0.6 is 0 Å². The van der Waals surface area contributed by atoms with Crippen molar-refractivity contribution >= 4 is 0 Å². The fourth-order valence-corrected chi connectivity index (χ4v) is 1.03. The van der Waals surface area contributed by atoms with Crippen LogP contribution in [0.1, 0.15) is 19.3 Å². The van der Waals surface area contributed by atoms with Crippen LogP contribution in [0.4, 0.5) is 0 Å². The van der Waals surface area contributed by atoms with Gasteiger partial charge in [-0.2, -0.15) is 5.92 Å². The number of rotatable bonds is 0. The molecule has 0 saturated heterocycles. The zero-order valence-corrected chi connectivity index (χ0v) is 6.39. The summed E-state index contributed by atoms with van der Waals surface area (Å²) >= 11 is 0. The Balaban J connectivity index is 0. The second-order valence-corrected chi connectivity index (χ2v) is 2.30. The van der Waals surface area contributed by atoms with Gasteiger partial charge < -0.3 is 12.0 Å². The molecule has 0 aromatic rings. The molecule has 0 radical (unpaired) electrons. The van der Waals surface area contributed by atoms with E-state index in [4.69, 9.17) is 0 Å². The van der Waals surface area contributed by atoms with E-state index in [2.05, 4.69) is 6.92 Å². The minimum atomic E-state index is -0.289. The first-order valence-corrected chi connectivity index (χ1v) is 2.78. The summed E-state index contributed by atoms with van der Waals surface area (Å²) < 4.78 is 0. The molecular formula is C6H10Li2O. The van der Waals surface area contributed by atoms with Crippen molar-refractivity contribution in [3.05, 3.63) is 6.92 Å². The Bertz CT molecular complexity index is 60.1. The van der Waals surface area contributed by atoms with Crippen LogP contribution in [0.2, 0.25) is 0 Å². The van der Waals surface area contributed by atoms with Crippen LogP contribution in [-0.4, -0.2) is 6.10 Å². The van der Waals surface area contributed by atoms with Crippen LogP contribution < -0.4 is 42.8 Å². The molecule has 0 heterocycles. The van der Waals surface area contributed by atoms with Crippen molar-refractivity contribution in [1.29, 1.82) is 0 Å². The maximum Gasteiger partial charge on any atom is 1.00 e. The van der Waals surface area contributed by atoms with Gasteiger partial charge in [-0.15, -0.1) is 6.10 Å². The quantitative estimate of drug-likeness (QED) is 0.226. The van der Waals surface area contributed by atoms with E-state index < -0.39 is 0 Å². The maximum atomic E-state index is 10.5. The van der Waals surface area contributed by atoms with Gasteiger partial charge in [0.1, 0.15) is 0 Å². The van der Waals surface area contributed by atoms with Gasteiger partial charge >= 0.3 is 37.7 Å². The van der Waals surface area contributed by atoms with Gasteiger partial charge in [-0.05, 0) is 0 Å². The Labute approximate surface area is 80.9 Å². The van der Waals surface area contributed by atoms with E-state index in [-0.39, 0.29) is 43.8 Å². The first-order valence-electron chi connectivity index (χ1n) is 2.78. The summed E-state index contributed by atoms with van der Waals surface area (Å²) in [6.45, 7) is 3.79.